The molecule has 0 bridgehead atoms. The molecular formula is C14H7ClFN3O3S. The lowest BCUT2D eigenvalue weighted by molar-refractivity contribution is 0.0697. The molecule has 0 aliphatic rings. The molecule has 9 heteroatoms. The summed E-state index contributed by atoms with van der Waals surface area (Å²) < 4.78 is 13.7. The molecule has 2 heterocycles. The van der Waals surface area contributed by atoms with Crippen LogP contribution in [0.15, 0.2) is 30.3 Å². The molecule has 3 rings (SSSR count). The number of thiazole rings is 1. The summed E-state index contributed by atoms with van der Waals surface area (Å²) in [5.41, 5.74) is 0.633. The number of aromatic carboxylic acids is 1. The summed E-state index contributed by atoms with van der Waals surface area (Å²) in [6.45, 7) is 0. The van der Waals surface area contributed by atoms with Crippen molar-refractivity contribution in [3.05, 3.63) is 52.6 Å². The zero-order valence-electron chi connectivity index (χ0n) is 11.2. The third kappa shape index (κ3) is 3.13. The second-order valence-corrected chi connectivity index (χ2v) is 5.82. The van der Waals surface area contributed by atoms with Crippen molar-refractivity contribution in [1.29, 1.82) is 0 Å². The van der Waals surface area contributed by atoms with Crippen LogP contribution in [0.3, 0.4) is 0 Å². The number of carbonyl (C=O) groups excluding carboxylic acids is 1. The van der Waals surface area contributed by atoms with Crippen LogP contribution in [0.1, 0.15) is 20.8 Å². The number of halogens is 2. The normalized spacial score (nSPS) is 10.7. The summed E-state index contributed by atoms with van der Waals surface area (Å²) in [5, 5.41) is 11.4. The summed E-state index contributed by atoms with van der Waals surface area (Å²) in [5.74, 6) is -2.36. The minimum atomic E-state index is -1.05. The Balaban J connectivity index is 1.87. The predicted octanol–water partition coefficient (Wildman–Crippen LogP) is 3.43. The molecule has 2 N–H and O–H groups in total. The highest BCUT2D eigenvalue weighted by Gasteiger charge is 2.14. The van der Waals surface area contributed by atoms with Crippen molar-refractivity contribution in [2.45, 2.75) is 0 Å². The molecule has 0 aliphatic carbocycles. The Bertz CT molecular complexity index is 944. The SMILES string of the molecule is O=C(O)c1ccc2nc(NC(=O)c3ccc(F)c(Cl)n3)sc2c1. The van der Waals surface area contributed by atoms with Gasteiger partial charge in [-0.15, -0.1) is 0 Å². The van der Waals surface area contributed by atoms with E-state index in [4.69, 9.17) is 16.7 Å². The second-order valence-electron chi connectivity index (χ2n) is 4.43. The number of rotatable bonds is 3. The van der Waals surface area contributed by atoms with Crippen molar-refractivity contribution < 1.29 is 19.1 Å². The smallest absolute Gasteiger partial charge is 0.335 e. The van der Waals surface area contributed by atoms with Gasteiger partial charge in [0.1, 0.15) is 5.69 Å². The van der Waals surface area contributed by atoms with Gasteiger partial charge in [0.05, 0.1) is 15.8 Å². The summed E-state index contributed by atoms with van der Waals surface area (Å²) >= 11 is 6.66. The number of aromatic nitrogens is 2. The van der Waals surface area contributed by atoms with Gasteiger partial charge in [-0.2, -0.15) is 0 Å². The minimum Gasteiger partial charge on any atom is -0.478 e. The second kappa shape index (κ2) is 5.90. The number of anilines is 1. The highest BCUT2D eigenvalue weighted by Crippen LogP contribution is 2.27. The van der Waals surface area contributed by atoms with E-state index in [9.17, 15) is 14.0 Å². The molecule has 0 fully saturated rings. The number of carbonyl (C=O) groups is 2. The molecule has 0 atom stereocenters. The van der Waals surface area contributed by atoms with Crippen molar-refractivity contribution in [2.75, 3.05) is 5.32 Å². The number of benzene rings is 1. The van der Waals surface area contributed by atoms with E-state index in [2.05, 4.69) is 15.3 Å². The molecule has 0 aliphatic heterocycles. The van der Waals surface area contributed by atoms with E-state index in [1.807, 2.05) is 0 Å². The van der Waals surface area contributed by atoms with Crippen LogP contribution in [0.5, 0.6) is 0 Å². The van der Waals surface area contributed by atoms with Crippen molar-refractivity contribution in [1.82, 2.24) is 9.97 Å². The van der Waals surface area contributed by atoms with Gasteiger partial charge >= 0.3 is 5.97 Å². The maximum Gasteiger partial charge on any atom is 0.335 e. The summed E-state index contributed by atoms with van der Waals surface area (Å²) in [7, 11) is 0. The predicted molar refractivity (Wildman–Crippen MR) is 83.7 cm³/mol. The van der Waals surface area contributed by atoms with Crippen LogP contribution in [0, 0.1) is 5.82 Å². The van der Waals surface area contributed by atoms with Gasteiger partial charge in [0.15, 0.2) is 16.1 Å². The third-order valence-corrected chi connectivity index (χ3v) is 4.09. The molecule has 1 aromatic carbocycles. The molecule has 0 radical (unpaired) electrons. The van der Waals surface area contributed by atoms with E-state index in [1.54, 1.807) is 6.07 Å². The van der Waals surface area contributed by atoms with Gasteiger partial charge in [-0.25, -0.2) is 19.2 Å². The molecule has 0 saturated carbocycles. The fourth-order valence-corrected chi connectivity index (χ4v) is 2.87. The lowest BCUT2D eigenvalue weighted by Gasteiger charge is -2.01. The highest BCUT2D eigenvalue weighted by molar-refractivity contribution is 7.22. The molecule has 1 amide bonds. The Morgan fingerprint density at radius 1 is 1.22 bits per heavy atom. The minimum absolute atomic E-state index is 0.0538. The number of carboxylic acids is 1. The molecule has 0 unspecified atom stereocenters. The largest absolute Gasteiger partial charge is 0.478 e. The maximum absolute atomic E-state index is 13.0. The van der Waals surface area contributed by atoms with E-state index in [-0.39, 0.29) is 16.4 Å². The van der Waals surface area contributed by atoms with Crippen LogP contribution >= 0.6 is 22.9 Å². The van der Waals surface area contributed by atoms with Crippen LogP contribution in [0.25, 0.3) is 10.2 Å². The molecule has 23 heavy (non-hydrogen) atoms. The van der Waals surface area contributed by atoms with E-state index >= 15 is 0 Å². The quantitative estimate of drug-likeness (QED) is 0.705. The Labute approximate surface area is 137 Å². The standard InChI is InChI=1S/C14H7ClFN3O3S/c15-11-7(16)2-4-9(17-11)12(20)19-14-18-8-3-1-6(13(21)22)5-10(8)23-14/h1-5H,(H,21,22)(H,18,19,20). The Morgan fingerprint density at radius 3 is 2.70 bits per heavy atom. The zero-order chi connectivity index (χ0) is 16.6. The monoisotopic (exact) mass is 351 g/mol. The van der Waals surface area contributed by atoms with Crippen LogP contribution < -0.4 is 5.32 Å². The fourth-order valence-electron chi connectivity index (χ4n) is 1.82. The molecule has 3 aromatic rings. The van der Waals surface area contributed by atoms with Crippen LogP contribution in [0.2, 0.25) is 5.15 Å². The number of nitrogens with zero attached hydrogens (tertiary/aromatic N) is 2. The average Bonchev–Trinajstić information content (AvgIpc) is 2.90. The topological polar surface area (TPSA) is 92.2 Å². The molecule has 6 nitrogen and oxygen atoms in total. The number of fused-ring (bicyclic) bond motifs is 1. The summed E-state index contributed by atoms with van der Waals surface area (Å²) in [4.78, 5) is 30.8. The first-order valence-electron chi connectivity index (χ1n) is 6.21. The van der Waals surface area contributed by atoms with Gasteiger partial charge in [0, 0.05) is 0 Å². The number of pyridine rings is 1. The van der Waals surface area contributed by atoms with E-state index < -0.39 is 22.8 Å². The Hall–Kier alpha value is -2.58. The van der Waals surface area contributed by atoms with E-state index in [0.29, 0.717) is 10.2 Å². The number of nitrogens with one attached hydrogen (secondary N) is 1. The van der Waals surface area contributed by atoms with Gasteiger partial charge in [0.25, 0.3) is 5.91 Å². The molecular weight excluding hydrogens is 345 g/mol. The Kier molecular flexibility index (Phi) is 3.93. The lowest BCUT2D eigenvalue weighted by Crippen LogP contribution is -2.13. The fraction of sp³-hybridized carbons (Fsp3) is 0. The van der Waals surface area contributed by atoms with Gasteiger partial charge in [-0.05, 0) is 30.3 Å². The van der Waals surface area contributed by atoms with Crippen molar-refractivity contribution in [3.63, 3.8) is 0 Å². The average molecular weight is 352 g/mol. The van der Waals surface area contributed by atoms with Crippen molar-refractivity contribution >= 4 is 50.2 Å². The first kappa shape index (κ1) is 15.3. The molecule has 116 valence electrons. The first-order valence-corrected chi connectivity index (χ1v) is 7.41. The highest BCUT2D eigenvalue weighted by atomic mass is 35.5. The number of carboxylic acid groups (broad SMARTS) is 1. The first-order chi connectivity index (χ1) is 10.9. The number of hydrogen-bond donors (Lipinski definition) is 2. The van der Waals surface area contributed by atoms with Crippen molar-refractivity contribution in [2.24, 2.45) is 0 Å². The van der Waals surface area contributed by atoms with E-state index in [0.717, 1.165) is 17.4 Å². The molecule has 2 aromatic heterocycles. The maximum atomic E-state index is 13.0. The van der Waals surface area contributed by atoms with Gasteiger partial charge in [-0.1, -0.05) is 22.9 Å². The zero-order valence-corrected chi connectivity index (χ0v) is 12.8. The lowest BCUT2D eigenvalue weighted by atomic mass is 10.2. The molecule has 0 spiro atoms. The van der Waals surface area contributed by atoms with Gasteiger partial charge in [0.2, 0.25) is 0 Å². The number of hydrogen-bond acceptors (Lipinski definition) is 5. The van der Waals surface area contributed by atoms with Crippen LogP contribution in [-0.2, 0) is 0 Å². The van der Waals surface area contributed by atoms with E-state index in [1.165, 1.54) is 18.2 Å². The van der Waals surface area contributed by atoms with Crippen LogP contribution in [-0.4, -0.2) is 27.0 Å². The molecule has 0 saturated heterocycles. The van der Waals surface area contributed by atoms with Crippen molar-refractivity contribution in [3.8, 4) is 0 Å². The van der Waals surface area contributed by atoms with Gasteiger partial charge < -0.3 is 5.11 Å². The third-order valence-electron chi connectivity index (χ3n) is 2.89. The summed E-state index contributed by atoms with van der Waals surface area (Å²) in [6.07, 6.45) is 0. The number of amides is 1. The Morgan fingerprint density at radius 2 is 2.00 bits per heavy atom. The summed E-state index contributed by atoms with van der Waals surface area (Å²) in [6, 6.07) is 6.70. The van der Waals surface area contributed by atoms with Gasteiger partial charge in [-0.3, -0.25) is 10.1 Å². The van der Waals surface area contributed by atoms with Crippen LogP contribution in [0.4, 0.5) is 9.52 Å².